The summed E-state index contributed by atoms with van der Waals surface area (Å²) >= 11 is 0. The van der Waals surface area contributed by atoms with Gasteiger partial charge in [0, 0.05) is 0 Å². The summed E-state index contributed by atoms with van der Waals surface area (Å²) in [5.74, 6) is 1.71. The van der Waals surface area contributed by atoms with Gasteiger partial charge in [-0.25, -0.2) is 0 Å². The maximum Gasteiger partial charge on any atom is 0.270 e. The van der Waals surface area contributed by atoms with E-state index in [4.69, 9.17) is 4.74 Å². The molecule has 0 saturated carbocycles. The first-order valence-electron chi connectivity index (χ1n) is 8.64. The minimum Gasteiger partial charge on any atom is -0.465 e. The summed E-state index contributed by atoms with van der Waals surface area (Å²) in [5.41, 5.74) is 4.21. The van der Waals surface area contributed by atoms with Crippen LogP contribution in [0, 0.1) is 6.33 Å². The van der Waals surface area contributed by atoms with E-state index in [1.807, 2.05) is 30.3 Å². The average Bonchev–Trinajstić information content (AvgIpc) is 3.09. The van der Waals surface area contributed by atoms with Crippen molar-refractivity contribution in [1.29, 1.82) is 0 Å². The van der Waals surface area contributed by atoms with Crippen molar-refractivity contribution < 1.29 is 9.30 Å². The normalized spacial score (nSPS) is 12.2. The van der Waals surface area contributed by atoms with Crippen LogP contribution in [0.2, 0.25) is 0 Å². The summed E-state index contributed by atoms with van der Waals surface area (Å²) in [6.45, 7) is 0. The molecule has 0 bridgehead atoms. The quantitative estimate of drug-likeness (QED) is 0.307. The van der Waals surface area contributed by atoms with Crippen LogP contribution in [-0.2, 0) is 0 Å². The van der Waals surface area contributed by atoms with Crippen molar-refractivity contribution in [2.75, 3.05) is 0 Å². The molecule has 0 spiro atoms. The Labute approximate surface area is 150 Å². The predicted octanol–water partition coefficient (Wildman–Crippen LogP) is 4.97. The lowest BCUT2D eigenvalue weighted by Gasteiger charge is -2.20. The third-order valence-electron chi connectivity index (χ3n) is 4.94. The predicted molar refractivity (Wildman–Crippen MR) is 101 cm³/mol. The van der Waals surface area contributed by atoms with Crippen LogP contribution in [0.15, 0.2) is 84.9 Å². The van der Waals surface area contributed by atoms with Gasteiger partial charge in [-0.2, -0.15) is 0 Å². The fourth-order valence-corrected chi connectivity index (χ4v) is 3.73. The lowest BCUT2D eigenvalue weighted by atomic mass is 10.1. The Morgan fingerprint density at radius 1 is 0.731 bits per heavy atom. The molecule has 1 aliphatic rings. The molecule has 0 saturated heterocycles. The molecule has 26 heavy (non-hydrogen) atoms. The number of hydrogen-bond acceptors (Lipinski definition) is 1. The van der Waals surface area contributed by atoms with E-state index >= 15 is 0 Å². The van der Waals surface area contributed by atoms with Gasteiger partial charge in [0.25, 0.3) is 6.33 Å². The summed E-state index contributed by atoms with van der Waals surface area (Å²) < 4.78 is 10.5. The molecule has 4 aromatic carbocycles. The fraction of sp³-hybridized carbons (Fsp3) is 0. The smallest absolute Gasteiger partial charge is 0.270 e. The second-order valence-electron chi connectivity index (χ2n) is 6.50. The van der Waals surface area contributed by atoms with Crippen LogP contribution in [0.3, 0.4) is 0 Å². The van der Waals surface area contributed by atoms with Gasteiger partial charge in [0.1, 0.15) is 22.7 Å². The van der Waals surface area contributed by atoms with Crippen molar-refractivity contribution in [3.63, 3.8) is 0 Å². The molecule has 3 heteroatoms. The lowest BCUT2D eigenvalue weighted by Crippen LogP contribution is -2.32. The third-order valence-corrected chi connectivity index (χ3v) is 4.94. The highest BCUT2D eigenvalue weighted by Gasteiger charge is 2.23. The second-order valence-corrected chi connectivity index (χ2v) is 6.50. The molecule has 1 aliphatic heterocycles. The van der Waals surface area contributed by atoms with Gasteiger partial charge >= 0.3 is 0 Å². The van der Waals surface area contributed by atoms with Crippen molar-refractivity contribution in [2.24, 2.45) is 0 Å². The van der Waals surface area contributed by atoms with Crippen molar-refractivity contribution in [3.8, 4) is 22.9 Å². The molecule has 0 amide bonds. The fourth-order valence-electron chi connectivity index (χ4n) is 3.73. The van der Waals surface area contributed by atoms with Crippen LogP contribution in [0.1, 0.15) is 0 Å². The van der Waals surface area contributed by atoms with E-state index in [0.29, 0.717) is 0 Å². The van der Waals surface area contributed by atoms with E-state index in [2.05, 4.69) is 70.1 Å². The van der Waals surface area contributed by atoms with Crippen molar-refractivity contribution in [3.05, 3.63) is 91.3 Å². The molecule has 5 aromatic rings. The number of aromatic nitrogens is 2. The minimum absolute atomic E-state index is 0.857. The minimum atomic E-state index is 0.857. The highest BCUT2D eigenvalue weighted by molar-refractivity contribution is 5.88. The van der Waals surface area contributed by atoms with E-state index in [0.717, 1.165) is 33.9 Å². The van der Waals surface area contributed by atoms with Gasteiger partial charge in [-0.1, -0.05) is 54.6 Å². The van der Waals surface area contributed by atoms with Crippen molar-refractivity contribution in [1.82, 2.24) is 4.57 Å². The van der Waals surface area contributed by atoms with Gasteiger partial charge in [-0.05, 0) is 41.1 Å². The van der Waals surface area contributed by atoms with Crippen LogP contribution in [-0.4, -0.2) is 4.57 Å². The summed E-state index contributed by atoms with van der Waals surface area (Å²) in [6.07, 6.45) is 3.52. The van der Waals surface area contributed by atoms with E-state index in [1.165, 1.54) is 10.8 Å². The van der Waals surface area contributed by atoms with E-state index in [9.17, 15) is 0 Å². The maximum atomic E-state index is 6.25. The number of rotatable bonds is 1. The summed E-state index contributed by atoms with van der Waals surface area (Å²) in [6, 6.07) is 29.1. The van der Waals surface area contributed by atoms with Crippen molar-refractivity contribution in [2.45, 2.75) is 0 Å². The molecule has 2 heterocycles. The number of hydrogen-bond donors (Lipinski definition) is 0. The monoisotopic (exact) mass is 334 g/mol. The number of fused-ring (bicyclic) bond motifs is 3. The number of nitrogens with zero attached hydrogens (tertiary/aromatic N) is 2. The van der Waals surface area contributed by atoms with E-state index in [1.54, 1.807) is 0 Å². The first-order valence-corrected chi connectivity index (χ1v) is 8.64. The van der Waals surface area contributed by atoms with Gasteiger partial charge in [0.2, 0.25) is 0 Å². The van der Waals surface area contributed by atoms with Crippen LogP contribution in [0.5, 0.6) is 11.5 Å². The van der Waals surface area contributed by atoms with Crippen molar-refractivity contribution >= 4 is 21.8 Å². The summed E-state index contributed by atoms with van der Waals surface area (Å²) in [5, 5.41) is 2.36. The molecule has 0 unspecified atom stereocenters. The maximum absolute atomic E-state index is 6.25. The molecule has 0 N–H and O–H groups in total. The number of benzene rings is 4. The Kier molecular flexibility index (Phi) is 2.61. The zero-order valence-electron chi connectivity index (χ0n) is 13.9. The highest BCUT2D eigenvalue weighted by atomic mass is 16.5. The van der Waals surface area contributed by atoms with Gasteiger partial charge in [0.05, 0.1) is 11.2 Å². The zero-order valence-corrected chi connectivity index (χ0v) is 13.9. The third kappa shape index (κ3) is 1.80. The first kappa shape index (κ1) is 13.7. The molecule has 0 fully saturated rings. The van der Waals surface area contributed by atoms with Crippen LogP contribution in [0.4, 0.5) is 0 Å². The first-order chi connectivity index (χ1) is 12.9. The highest BCUT2D eigenvalue weighted by Crippen LogP contribution is 2.38. The topological polar surface area (TPSA) is 18.0 Å². The molecule has 0 atom stereocenters. The molecular weight excluding hydrogens is 320 g/mol. The van der Waals surface area contributed by atoms with Crippen LogP contribution >= 0.6 is 0 Å². The zero-order chi connectivity index (χ0) is 17.1. The second kappa shape index (κ2) is 4.96. The van der Waals surface area contributed by atoms with Crippen LogP contribution in [0.25, 0.3) is 33.2 Å². The standard InChI is InChI=1S/C23H14N2O/c1-2-9-18(10-3-1)24-15-25-20-13-16-7-4-5-8-17(16)14-22(20)26-21-12-6-11-19(24)23(21)25/h1-14H. The Morgan fingerprint density at radius 3 is 2.35 bits per heavy atom. The number of imidazole rings is 1. The van der Waals surface area contributed by atoms with Gasteiger partial charge in [-0.3, -0.25) is 9.13 Å². The molecular formula is C23H14N2O. The SMILES string of the molecule is [c-]1n(-c2ccccc2)c2cccc3c2[n+]1-c1cc2ccccc2cc1O3. The van der Waals surface area contributed by atoms with E-state index < -0.39 is 0 Å². The lowest BCUT2D eigenvalue weighted by molar-refractivity contribution is -0.575. The number of para-hydroxylation sites is 2. The average molecular weight is 334 g/mol. The number of ether oxygens (including phenoxy) is 1. The molecule has 6 rings (SSSR count). The molecule has 1 aromatic heterocycles. The molecule has 0 aliphatic carbocycles. The van der Waals surface area contributed by atoms with Crippen LogP contribution < -0.4 is 9.30 Å². The van der Waals surface area contributed by atoms with Gasteiger partial charge < -0.3 is 4.74 Å². The Bertz CT molecular complexity index is 1300. The van der Waals surface area contributed by atoms with E-state index in [-0.39, 0.29) is 0 Å². The Balaban J connectivity index is 1.72. The van der Waals surface area contributed by atoms with Gasteiger partial charge in [0.15, 0.2) is 0 Å². The Morgan fingerprint density at radius 2 is 1.50 bits per heavy atom. The summed E-state index contributed by atoms with van der Waals surface area (Å²) in [4.78, 5) is 0. The Hall–Kier alpha value is -3.59. The largest absolute Gasteiger partial charge is 0.465 e. The summed E-state index contributed by atoms with van der Waals surface area (Å²) in [7, 11) is 0. The molecule has 0 radical (unpaired) electrons. The molecule has 122 valence electrons. The molecule has 3 nitrogen and oxygen atoms in total. The van der Waals surface area contributed by atoms with Gasteiger partial charge in [-0.15, -0.1) is 0 Å².